The molecule has 1 saturated heterocycles. The summed E-state index contributed by atoms with van der Waals surface area (Å²) >= 11 is 0. The van der Waals surface area contributed by atoms with Crippen LogP contribution < -0.4 is 10.1 Å². The van der Waals surface area contributed by atoms with Crippen LogP contribution in [-0.2, 0) is 19.6 Å². The highest BCUT2D eigenvalue weighted by molar-refractivity contribution is 7.89. The average Bonchev–Trinajstić information content (AvgIpc) is 2.70. The minimum Gasteiger partial charge on any atom is -0.484 e. The molecule has 7 nitrogen and oxygen atoms in total. The van der Waals surface area contributed by atoms with Crippen LogP contribution in [0.15, 0.2) is 47.4 Å². The van der Waals surface area contributed by atoms with Crippen molar-refractivity contribution in [2.24, 2.45) is 0 Å². The predicted octanol–water partition coefficient (Wildman–Crippen LogP) is 2.17. The second-order valence-electron chi connectivity index (χ2n) is 6.28. The molecule has 0 radical (unpaired) electrons. The van der Waals surface area contributed by atoms with Gasteiger partial charge in [-0.2, -0.15) is 4.31 Å². The van der Waals surface area contributed by atoms with Crippen molar-refractivity contribution >= 4 is 21.6 Å². The predicted molar refractivity (Wildman–Crippen MR) is 101 cm³/mol. The second kappa shape index (κ2) is 8.68. The summed E-state index contributed by atoms with van der Waals surface area (Å²) in [6, 6.07) is 9.91. The van der Waals surface area contributed by atoms with Crippen LogP contribution in [0.1, 0.15) is 5.56 Å². The van der Waals surface area contributed by atoms with E-state index < -0.39 is 21.7 Å². The average molecular weight is 408 g/mol. The lowest BCUT2D eigenvalue weighted by Gasteiger charge is -2.26. The van der Waals surface area contributed by atoms with E-state index in [-0.39, 0.29) is 11.5 Å². The number of sulfonamides is 1. The summed E-state index contributed by atoms with van der Waals surface area (Å²) in [5, 5.41) is 2.66. The van der Waals surface area contributed by atoms with Gasteiger partial charge in [0, 0.05) is 18.8 Å². The summed E-state index contributed by atoms with van der Waals surface area (Å²) < 4.78 is 50.3. The summed E-state index contributed by atoms with van der Waals surface area (Å²) in [4.78, 5) is 12.3. The number of amides is 1. The van der Waals surface area contributed by atoms with Gasteiger partial charge in [-0.15, -0.1) is 0 Å². The number of morpholine rings is 1. The minimum atomic E-state index is -3.66. The van der Waals surface area contributed by atoms with Crippen molar-refractivity contribution in [2.75, 3.05) is 38.2 Å². The molecule has 0 atom stereocenters. The third-order valence-electron chi connectivity index (χ3n) is 4.27. The molecule has 0 spiro atoms. The lowest BCUT2D eigenvalue weighted by atomic mass is 10.2. The van der Waals surface area contributed by atoms with Gasteiger partial charge >= 0.3 is 0 Å². The lowest BCUT2D eigenvalue weighted by Crippen LogP contribution is -2.40. The Balaban J connectivity index is 1.68. The zero-order chi connectivity index (χ0) is 20.1. The number of hydrogen-bond acceptors (Lipinski definition) is 5. The fraction of sp³-hybridized carbons (Fsp3) is 0.316. The number of halogens is 1. The second-order valence-corrected chi connectivity index (χ2v) is 8.22. The van der Waals surface area contributed by atoms with E-state index >= 15 is 0 Å². The van der Waals surface area contributed by atoms with Crippen molar-refractivity contribution in [2.45, 2.75) is 11.8 Å². The number of carbonyl (C=O) groups is 1. The maximum absolute atomic E-state index is 12.9. The number of carbonyl (C=O) groups excluding carboxylic acids is 1. The van der Waals surface area contributed by atoms with Gasteiger partial charge in [0.1, 0.15) is 11.6 Å². The normalized spacial score (nSPS) is 15.2. The first-order valence-electron chi connectivity index (χ1n) is 8.73. The number of aryl methyl sites for hydroxylation is 1. The van der Waals surface area contributed by atoms with Gasteiger partial charge in [0.2, 0.25) is 10.0 Å². The number of hydrogen-bond donors (Lipinski definition) is 1. The number of nitrogens with zero attached hydrogens (tertiary/aromatic N) is 1. The van der Waals surface area contributed by atoms with E-state index in [2.05, 4.69) is 5.32 Å². The van der Waals surface area contributed by atoms with Crippen LogP contribution in [0, 0.1) is 12.7 Å². The smallest absolute Gasteiger partial charge is 0.262 e. The van der Waals surface area contributed by atoms with Crippen molar-refractivity contribution in [3.63, 3.8) is 0 Å². The highest BCUT2D eigenvalue weighted by Crippen LogP contribution is 2.23. The van der Waals surface area contributed by atoms with Gasteiger partial charge in [-0.3, -0.25) is 4.79 Å². The summed E-state index contributed by atoms with van der Waals surface area (Å²) in [5.41, 5.74) is 1.11. The van der Waals surface area contributed by atoms with E-state index in [4.69, 9.17) is 9.47 Å². The zero-order valence-electron chi connectivity index (χ0n) is 15.4. The van der Waals surface area contributed by atoms with Gasteiger partial charge in [-0.05, 0) is 48.9 Å². The first kappa shape index (κ1) is 20.2. The SMILES string of the molecule is Cc1ccc(S(=O)(=O)N2CCOCC2)cc1NC(=O)COc1ccc(F)cc1. The van der Waals surface area contributed by atoms with E-state index in [1.807, 2.05) is 0 Å². The molecule has 9 heteroatoms. The van der Waals surface area contributed by atoms with Crippen LogP contribution in [0.5, 0.6) is 5.75 Å². The number of benzene rings is 2. The van der Waals surface area contributed by atoms with Crippen LogP contribution in [0.3, 0.4) is 0 Å². The zero-order valence-corrected chi connectivity index (χ0v) is 16.2. The summed E-state index contributed by atoms with van der Waals surface area (Å²) in [6.45, 7) is 2.78. The number of anilines is 1. The molecule has 2 aromatic carbocycles. The topological polar surface area (TPSA) is 84.9 Å². The van der Waals surface area contributed by atoms with Gasteiger partial charge in [-0.1, -0.05) is 6.07 Å². The van der Waals surface area contributed by atoms with Crippen LogP contribution in [0.25, 0.3) is 0 Å². The standard InChI is InChI=1S/C19H21FN2O5S/c1-14-2-7-17(28(24,25)22-8-10-26-11-9-22)12-18(14)21-19(23)13-27-16-5-3-15(20)4-6-16/h2-7,12H,8-11,13H2,1H3,(H,21,23). The Bertz CT molecular complexity index is 941. The number of rotatable bonds is 6. The Hall–Kier alpha value is -2.49. The van der Waals surface area contributed by atoms with Gasteiger partial charge in [-0.25, -0.2) is 12.8 Å². The fourth-order valence-electron chi connectivity index (χ4n) is 2.70. The van der Waals surface area contributed by atoms with Crippen molar-refractivity contribution < 1.29 is 27.1 Å². The summed E-state index contributed by atoms with van der Waals surface area (Å²) in [5.74, 6) is -0.490. The molecular formula is C19H21FN2O5S. The van der Waals surface area contributed by atoms with Crippen LogP contribution in [0.4, 0.5) is 10.1 Å². The molecule has 1 aliphatic heterocycles. The van der Waals surface area contributed by atoms with E-state index in [9.17, 15) is 17.6 Å². The number of nitrogens with one attached hydrogen (secondary N) is 1. The molecule has 1 fully saturated rings. The molecule has 1 amide bonds. The first-order chi connectivity index (χ1) is 13.4. The molecular weight excluding hydrogens is 387 g/mol. The van der Waals surface area contributed by atoms with Crippen molar-refractivity contribution in [3.05, 3.63) is 53.8 Å². The van der Waals surface area contributed by atoms with Crippen molar-refractivity contribution in [3.8, 4) is 5.75 Å². The Morgan fingerprint density at radius 1 is 1.18 bits per heavy atom. The molecule has 0 saturated carbocycles. The highest BCUT2D eigenvalue weighted by atomic mass is 32.2. The Morgan fingerprint density at radius 2 is 1.86 bits per heavy atom. The monoisotopic (exact) mass is 408 g/mol. The molecule has 150 valence electrons. The maximum atomic E-state index is 12.9. The molecule has 0 aromatic heterocycles. The molecule has 1 heterocycles. The van der Waals surface area contributed by atoms with E-state index in [1.54, 1.807) is 13.0 Å². The fourth-order valence-corrected chi connectivity index (χ4v) is 4.13. The van der Waals surface area contributed by atoms with Gasteiger partial charge < -0.3 is 14.8 Å². The van der Waals surface area contributed by atoms with Gasteiger partial charge in [0.15, 0.2) is 6.61 Å². The molecule has 0 bridgehead atoms. The van der Waals surface area contributed by atoms with E-state index in [0.29, 0.717) is 37.7 Å². The van der Waals surface area contributed by atoms with Gasteiger partial charge in [0.25, 0.3) is 5.91 Å². The third-order valence-corrected chi connectivity index (χ3v) is 6.17. The molecule has 1 N–H and O–H groups in total. The molecule has 0 unspecified atom stereocenters. The highest BCUT2D eigenvalue weighted by Gasteiger charge is 2.26. The van der Waals surface area contributed by atoms with E-state index in [0.717, 1.165) is 5.56 Å². The Labute approximate surface area is 163 Å². The molecule has 2 aromatic rings. The quantitative estimate of drug-likeness (QED) is 0.792. The largest absolute Gasteiger partial charge is 0.484 e. The third kappa shape index (κ3) is 4.86. The minimum absolute atomic E-state index is 0.106. The summed E-state index contributed by atoms with van der Waals surface area (Å²) in [6.07, 6.45) is 0. The van der Waals surface area contributed by atoms with Crippen LogP contribution in [-0.4, -0.2) is 51.5 Å². The molecule has 28 heavy (non-hydrogen) atoms. The Kier molecular flexibility index (Phi) is 6.28. The van der Waals surface area contributed by atoms with Crippen LogP contribution in [0.2, 0.25) is 0 Å². The molecule has 1 aliphatic rings. The lowest BCUT2D eigenvalue weighted by molar-refractivity contribution is -0.118. The van der Waals surface area contributed by atoms with Crippen LogP contribution >= 0.6 is 0 Å². The van der Waals surface area contributed by atoms with Gasteiger partial charge in [0.05, 0.1) is 18.1 Å². The van der Waals surface area contributed by atoms with Crippen molar-refractivity contribution in [1.82, 2.24) is 4.31 Å². The Morgan fingerprint density at radius 3 is 2.54 bits per heavy atom. The van der Waals surface area contributed by atoms with E-state index in [1.165, 1.54) is 40.7 Å². The van der Waals surface area contributed by atoms with Crippen molar-refractivity contribution in [1.29, 1.82) is 0 Å². The first-order valence-corrected chi connectivity index (χ1v) is 10.2. The summed E-state index contributed by atoms with van der Waals surface area (Å²) in [7, 11) is -3.66. The molecule has 0 aliphatic carbocycles. The number of ether oxygens (including phenoxy) is 2. The maximum Gasteiger partial charge on any atom is 0.262 e. The molecule has 3 rings (SSSR count).